The van der Waals surface area contributed by atoms with Crippen molar-refractivity contribution in [2.45, 2.75) is 43.8 Å². The van der Waals surface area contributed by atoms with Crippen molar-refractivity contribution in [1.29, 1.82) is 5.41 Å². The number of rotatable bonds is 1. The first-order chi connectivity index (χ1) is 19.0. The number of aliphatic imine (C=N–C) groups is 2. The van der Waals surface area contributed by atoms with Crippen LogP contribution in [0.3, 0.4) is 0 Å². The van der Waals surface area contributed by atoms with Gasteiger partial charge in [-0.2, -0.15) is 4.99 Å². The molecule has 1 fully saturated rings. The third kappa shape index (κ3) is 5.09. The lowest BCUT2D eigenvalue weighted by Gasteiger charge is -2.30. The van der Waals surface area contributed by atoms with Crippen molar-refractivity contribution in [3.05, 3.63) is 18.3 Å². The quantitative estimate of drug-likeness (QED) is 0.292. The average Bonchev–Trinajstić information content (AvgIpc) is 3.55. The number of fused-ring (bicyclic) bond motifs is 6. The summed E-state index contributed by atoms with van der Waals surface area (Å²) in [5.74, 6) is -1.27. The molecule has 1 amide bonds. The van der Waals surface area contributed by atoms with Crippen molar-refractivity contribution in [2.24, 2.45) is 9.98 Å². The molecule has 0 saturated carbocycles. The molecule has 4 aliphatic heterocycles. The number of alkyl halides is 1. The minimum Gasteiger partial charge on any atom is -0.346 e. The van der Waals surface area contributed by atoms with Gasteiger partial charge in [-0.15, -0.1) is 0 Å². The van der Waals surface area contributed by atoms with E-state index in [1.165, 1.54) is 17.1 Å². The molecule has 4 N–H and O–H groups in total. The summed E-state index contributed by atoms with van der Waals surface area (Å²) >= 11 is 0. The number of carbonyl (C=O) groups is 1. The summed E-state index contributed by atoms with van der Waals surface area (Å²) in [6.45, 7) is -1.93. The zero-order chi connectivity index (χ0) is 28.2. The molecule has 2 bridgehead atoms. The van der Waals surface area contributed by atoms with Crippen molar-refractivity contribution in [2.75, 3.05) is 13.2 Å². The molecule has 0 aromatic carbocycles. The lowest BCUT2D eigenvalue weighted by Crippen LogP contribution is -2.53. The van der Waals surface area contributed by atoms with E-state index in [0.29, 0.717) is 5.52 Å². The topological polar surface area (TPSA) is 245 Å². The van der Waals surface area contributed by atoms with E-state index in [-0.39, 0.29) is 23.9 Å². The van der Waals surface area contributed by atoms with E-state index >= 15 is 4.39 Å². The van der Waals surface area contributed by atoms with Crippen molar-refractivity contribution in [3.8, 4) is 0 Å². The highest BCUT2D eigenvalue weighted by Gasteiger charge is 2.55. The number of phosphoric acid groups is 2. The number of hydrogen-bond acceptors (Lipinski definition) is 14. The molecule has 0 aliphatic carbocycles. The molecule has 19 nitrogen and oxygen atoms in total. The molecule has 4 aliphatic rings. The van der Waals surface area contributed by atoms with Crippen LogP contribution in [0.1, 0.15) is 5.82 Å². The van der Waals surface area contributed by atoms with Gasteiger partial charge in [-0.1, -0.05) is 0 Å². The maximum Gasteiger partial charge on any atom is 0.473 e. The number of phosphoric ester groups is 2. The number of imidazole rings is 1. The van der Waals surface area contributed by atoms with Crippen molar-refractivity contribution < 1.29 is 50.9 Å². The van der Waals surface area contributed by atoms with E-state index in [9.17, 15) is 23.7 Å². The van der Waals surface area contributed by atoms with Gasteiger partial charge in [-0.3, -0.25) is 43.5 Å². The summed E-state index contributed by atoms with van der Waals surface area (Å²) in [5.41, 5.74) is 0.576. The highest BCUT2D eigenvalue weighted by Crippen LogP contribution is 2.50. The molecule has 1 saturated heterocycles. The van der Waals surface area contributed by atoms with Crippen LogP contribution in [0.2, 0.25) is 0 Å². The van der Waals surface area contributed by atoms with Gasteiger partial charge in [0.25, 0.3) is 5.91 Å². The standard InChI is InChI=1S/C18H20FN9O10P2/c19-11-9-4-35-39(30,31)34-2-1-27-10(24-8-3-21-6-22-14(8)27)5-36-40(32,33)38-13(11)17(37-9)28-7-23-12-15(28)25-18(20)26-16(12)29/h3,6-7,9,11-13,17H,1-2,4-5H2,(H,30,31)(H,32,33)(H2,20,26,29)/t9-,11-,12?,13-,17-/m1/s1. The number of hydrogen-bond donors (Lipinski definition) is 4. The number of guanidine groups is 1. The van der Waals surface area contributed by atoms with E-state index in [0.717, 1.165) is 11.2 Å². The van der Waals surface area contributed by atoms with Gasteiger partial charge < -0.3 is 19.1 Å². The number of carbonyl (C=O) groups excluding carboxylic acids is 1. The van der Waals surface area contributed by atoms with Gasteiger partial charge in [0.2, 0.25) is 5.96 Å². The maximum absolute atomic E-state index is 15.6. The lowest BCUT2D eigenvalue weighted by atomic mass is 10.1. The van der Waals surface area contributed by atoms with E-state index in [1.54, 1.807) is 0 Å². The monoisotopic (exact) mass is 603 g/mol. The molecule has 6 rings (SSSR count). The molecular weight excluding hydrogens is 583 g/mol. The Morgan fingerprint density at radius 2 is 2.02 bits per heavy atom. The smallest absolute Gasteiger partial charge is 0.346 e. The second kappa shape index (κ2) is 10.1. The number of halogens is 1. The Bertz CT molecular complexity index is 1540. The highest BCUT2D eigenvalue weighted by molar-refractivity contribution is 7.47. The molecule has 0 radical (unpaired) electrons. The van der Waals surface area contributed by atoms with Gasteiger partial charge in [-0.25, -0.2) is 28.5 Å². The maximum atomic E-state index is 15.6. The van der Waals surface area contributed by atoms with Crippen LogP contribution in [0.5, 0.6) is 0 Å². The molecule has 0 spiro atoms. The fourth-order valence-electron chi connectivity index (χ4n) is 4.44. The first-order valence-corrected chi connectivity index (χ1v) is 14.5. The average molecular weight is 603 g/mol. The fourth-order valence-corrected chi connectivity index (χ4v) is 6.03. The Labute approximate surface area is 222 Å². The zero-order valence-corrected chi connectivity index (χ0v) is 21.8. The Morgan fingerprint density at radius 1 is 1.20 bits per heavy atom. The first-order valence-electron chi connectivity index (χ1n) is 11.5. The van der Waals surface area contributed by atoms with Crippen LogP contribution >= 0.6 is 15.6 Å². The molecule has 6 heterocycles. The van der Waals surface area contributed by atoms with Crippen molar-refractivity contribution >= 4 is 50.9 Å². The molecule has 40 heavy (non-hydrogen) atoms. The van der Waals surface area contributed by atoms with Gasteiger partial charge in [0.1, 0.15) is 36.5 Å². The minimum atomic E-state index is -5.04. The van der Waals surface area contributed by atoms with Crippen LogP contribution in [-0.2, 0) is 49.9 Å². The lowest BCUT2D eigenvalue weighted by molar-refractivity contribution is -0.119. The normalized spacial score (nSPS) is 36.9. The van der Waals surface area contributed by atoms with E-state index in [4.69, 9.17) is 28.2 Å². The third-order valence-electron chi connectivity index (χ3n) is 6.18. The summed E-state index contributed by atoms with van der Waals surface area (Å²) < 4.78 is 68.5. The molecule has 2 aromatic rings. The van der Waals surface area contributed by atoms with E-state index < -0.39 is 78.0 Å². The molecule has 214 valence electrons. The predicted molar refractivity (Wildman–Crippen MR) is 128 cm³/mol. The predicted octanol–water partition coefficient (Wildman–Crippen LogP) is -0.786. The second-order valence-electron chi connectivity index (χ2n) is 8.71. The SMILES string of the molecule is N=C1N=C2C(N=CN2[C@@H]2O[C@@H]3COP(=O)(O)OCCn4c(nc5cncnc54)COP(=O)(O)O[C@@H]2[C@@H]3F)C(=O)N1. The molecule has 7 atom stereocenters. The molecule has 2 aromatic heterocycles. The Balaban J connectivity index is 1.33. The van der Waals surface area contributed by atoms with Crippen LogP contribution in [0, 0.1) is 5.41 Å². The van der Waals surface area contributed by atoms with Crippen molar-refractivity contribution in [1.82, 2.24) is 29.7 Å². The van der Waals surface area contributed by atoms with Crippen LogP contribution < -0.4 is 5.32 Å². The van der Waals surface area contributed by atoms with Crippen molar-refractivity contribution in [3.63, 3.8) is 0 Å². The van der Waals surface area contributed by atoms with E-state index in [2.05, 4.69) is 30.3 Å². The van der Waals surface area contributed by atoms with Crippen LogP contribution in [0.4, 0.5) is 4.39 Å². The van der Waals surface area contributed by atoms with Crippen LogP contribution in [0.15, 0.2) is 22.5 Å². The number of aromatic nitrogens is 4. The van der Waals surface area contributed by atoms with Gasteiger partial charge in [-0.05, 0) is 0 Å². The second-order valence-corrected chi connectivity index (χ2v) is 11.6. The highest BCUT2D eigenvalue weighted by atomic mass is 31.2. The number of nitrogens with zero attached hydrogens (tertiary/aromatic N) is 7. The number of nitrogens with one attached hydrogen (secondary N) is 2. The largest absolute Gasteiger partial charge is 0.473 e. The van der Waals surface area contributed by atoms with Gasteiger partial charge >= 0.3 is 15.6 Å². The van der Waals surface area contributed by atoms with Gasteiger partial charge in [0.05, 0.1) is 25.7 Å². The Morgan fingerprint density at radius 3 is 2.85 bits per heavy atom. The number of amides is 1. The Hall–Kier alpha value is -3.06. The molecule has 22 heteroatoms. The summed E-state index contributed by atoms with van der Waals surface area (Å²) in [7, 11) is -9.77. The molecule has 3 unspecified atom stereocenters. The third-order valence-corrected chi connectivity index (χ3v) is 8.13. The zero-order valence-electron chi connectivity index (χ0n) is 20.0. The molecular formula is C18H20FN9O10P2. The summed E-state index contributed by atoms with van der Waals surface area (Å²) in [4.78, 5) is 54.1. The summed E-state index contributed by atoms with van der Waals surface area (Å²) in [6, 6.07) is -1.19. The summed E-state index contributed by atoms with van der Waals surface area (Å²) in [6.07, 6.45) is -3.60. The number of ether oxygens (including phenoxy) is 1. The summed E-state index contributed by atoms with van der Waals surface area (Å²) in [5, 5.41) is 9.88. The van der Waals surface area contributed by atoms with E-state index in [1.807, 2.05) is 0 Å². The van der Waals surface area contributed by atoms with Crippen LogP contribution in [0.25, 0.3) is 11.2 Å². The number of amidine groups is 1. The minimum absolute atomic E-state index is 0.0602. The Kier molecular flexibility index (Phi) is 6.84. The van der Waals surface area contributed by atoms with Gasteiger partial charge in [0.15, 0.2) is 29.9 Å². The van der Waals surface area contributed by atoms with Gasteiger partial charge in [0, 0.05) is 6.54 Å². The fraction of sp³-hybridized carbons (Fsp3) is 0.500. The van der Waals surface area contributed by atoms with Crippen LogP contribution in [-0.4, -0.2) is 102 Å². The first kappa shape index (κ1) is 27.1.